The van der Waals surface area contributed by atoms with Crippen LogP contribution < -0.4 is 4.90 Å². The van der Waals surface area contributed by atoms with Crippen LogP contribution in [0.15, 0.2) is 43.0 Å². The molecule has 1 aliphatic rings. The topological polar surface area (TPSA) is 30.7 Å². The predicted octanol–water partition coefficient (Wildman–Crippen LogP) is 1.71. The Morgan fingerprint density at radius 2 is 2.10 bits per heavy atom. The van der Waals surface area contributed by atoms with E-state index in [0.29, 0.717) is 17.5 Å². The fourth-order valence-electron chi connectivity index (χ4n) is 2.91. The molecule has 1 heterocycles. The summed E-state index contributed by atoms with van der Waals surface area (Å²) >= 11 is 0. The normalized spacial score (nSPS) is 29.7. The number of ether oxygens (including phenoxy) is 1. The summed E-state index contributed by atoms with van der Waals surface area (Å²) < 4.78 is 5.71. The van der Waals surface area contributed by atoms with Crippen LogP contribution in [0.5, 0.6) is 0 Å². The summed E-state index contributed by atoms with van der Waals surface area (Å²) in [6, 6.07) is 9.72. The van der Waals surface area contributed by atoms with Crippen LogP contribution in [0.2, 0.25) is 0 Å². The Balaban J connectivity index is 1.97. The highest BCUT2D eigenvalue weighted by molar-refractivity contribution is 5.89. The largest absolute Gasteiger partial charge is 0.458 e. The molecule has 1 saturated heterocycles. The summed E-state index contributed by atoms with van der Waals surface area (Å²) in [4.78, 5) is 13.7. The van der Waals surface area contributed by atoms with E-state index in [1.807, 2.05) is 24.3 Å². The highest BCUT2D eigenvalue weighted by atomic mass is 16.5. The Bertz CT molecular complexity index is 457. The Labute approximate surface area is 121 Å². The van der Waals surface area contributed by atoms with Crippen molar-refractivity contribution in [3.05, 3.63) is 48.6 Å². The van der Waals surface area contributed by atoms with E-state index in [1.165, 1.54) is 4.90 Å². The molecule has 20 heavy (non-hydrogen) atoms. The van der Waals surface area contributed by atoms with Crippen molar-refractivity contribution >= 4 is 5.97 Å². The van der Waals surface area contributed by atoms with Crippen LogP contribution in [0.3, 0.4) is 0 Å². The summed E-state index contributed by atoms with van der Waals surface area (Å²) in [6.45, 7) is 10.2. The van der Waals surface area contributed by atoms with E-state index in [2.05, 4.69) is 20.4 Å². The van der Waals surface area contributed by atoms with Gasteiger partial charge in [0.15, 0.2) is 0 Å². The second-order valence-corrected chi connectivity index (χ2v) is 5.78. The number of hydrogen-bond acceptors (Lipinski definition) is 2. The molecule has 1 aromatic rings. The second kappa shape index (κ2) is 6.71. The molecule has 1 aromatic carbocycles. The average molecular weight is 274 g/mol. The van der Waals surface area contributed by atoms with Gasteiger partial charge in [-0.2, -0.15) is 0 Å². The molecular formula is C17H24NO2+. The van der Waals surface area contributed by atoms with Gasteiger partial charge in [0.25, 0.3) is 0 Å². The van der Waals surface area contributed by atoms with Crippen molar-refractivity contribution in [1.29, 1.82) is 0 Å². The van der Waals surface area contributed by atoms with E-state index in [1.54, 1.807) is 12.1 Å². The minimum Gasteiger partial charge on any atom is -0.458 e. The third-order valence-corrected chi connectivity index (χ3v) is 4.18. The van der Waals surface area contributed by atoms with E-state index < -0.39 is 0 Å². The molecule has 0 amide bonds. The van der Waals surface area contributed by atoms with Crippen LogP contribution in [0.1, 0.15) is 30.6 Å². The molecule has 0 radical (unpaired) electrons. The second-order valence-electron chi connectivity index (χ2n) is 5.78. The van der Waals surface area contributed by atoms with Crippen LogP contribution in [-0.2, 0) is 4.74 Å². The summed E-state index contributed by atoms with van der Waals surface area (Å²) in [5.41, 5.74) is 0.633. The number of hydrogen-bond donors (Lipinski definition) is 1. The van der Waals surface area contributed by atoms with Crippen molar-refractivity contribution in [3.63, 3.8) is 0 Å². The van der Waals surface area contributed by atoms with Gasteiger partial charge < -0.3 is 9.64 Å². The Morgan fingerprint density at radius 3 is 2.75 bits per heavy atom. The van der Waals surface area contributed by atoms with E-state index >= 15 is 0 Å². The van der Waals surface area contributed by atoms with Gasteiger partial charge in [0, 0.05) is 12.3 Å². The predicted molar refractivity (Wildman–Crippen MR) is 79.8 cm³/mol. The molecular weight excluding hydrogens is 250 g/mol. The first-order valence-electron chi connectivity index (χ1n) is 7.33. The lowest BCUT2D eigenvalue weighted by Crippen LogP contribution is -3.17. The number of benzene rings is 1. The van der Waals surface area contributed by atoms with Crippen molar-refractivity contribution in [2.75, 3.05) is 13.1 Å². The molecule has 1 unspecified atom stereocenters. The number of nitrogens with one attached hydrogen (secondary N) is 1. The van der Waals surface area contributed by atoms with Gasteiger partial charge in [0.1, 0.15) is 6.10 Å². The van der Waals surface area contributed by atoms with Gasteiger partial charge in [0.05, 0.1) is 24.7 Å². The standard InChI is InChI=1S/C17H23NO2/c1-4-10-18-12-13(2)16(11-14(18)3)20-17(19)15-8-6-5-7-9-15/h4-9,13-14,16H,1,10-12H2,2-3H3/p+1/t13-,14-,16+/m1/s1. The molecule has 1 aliphatic heterocycles. The molecule has 3 nitrogen and oxygen atoms in total. The van der Waals surface area contributed by atoms with Gasteiger partial charge in [-0.1, -0.05) is 31.7 Å². The minimum absolute atomic E-state index is 0.0197. The molecule has 0 saturated carbocycles. The van der Waals surface area contributed by atoms with Crippen molar-refractivity contribution < 1.29 is 14.4 Å². The number of likely N-dealkylation sites (tertiary alicyclic amines) is 1. The first-order chi connectivity index (χ1) is 9.61. The number of quaternary nitrogens is 1. The Kier molecular flexibility index (Phi) is 4.96. The van der Waals surface area contributed by atoms with E-state index in [0.717, 1.165) is 19.5 Å². The first-order valence-corrected chi connectivity index (χ1v) is 7.33. The zero-order valence-corrected chi connectivity index (χ0v) is 12.3. The molecule has 1 fully saturated rings. The molecule has 0 aromatic heterocycles. The molecule has 3 heteroatoms. The summed E-state index contributed by atoms with van der Waals surface area (Å²) in [5, 5.41) is 0. The third-order valence-electron chi connectivity index (χ3n) is 4.18. The zero-order chi connectivity index (χ0) is 14.5. The maximum Gasteiger partial charge on any atom is 0.338 e. The SMILES string of the molecule is C=CC[NH+]1C[C@@H](C)[C@@H](OC(=O)c2ccccc2)C[C@H]1C. The van der Waals surface area contributed by atoms with Crippen molar-refractivity contribution in [3.8, 4) is 0 Å². The van der Waals surface area contributed by atoms with Gasteiger partial charge in [0.2, 0.25) is 0 Å². The highest BCUT2D eigenvalue weighted by Crippen LogP contribution is 2.17. The molecule has 0 spiro atoms. The van der Waals surface area contributed by atoms with Crippen molar-refractivity contribution in [1.82, 2.24) is 0 Å². The molecule has 108 valence electrons. The van der Waals surface area contributed by atoms with Crippen LogP contribution in [0.25, 0.3) is 0 Å². The van der Waals surface area contributed by atoms with E-state index in [-0.39, 0.29) is 12.1 Å². The van der Waals surface area contributed by atoms with Gasteiger partial charge in [-0.15, -0.1) is 0 Å². The minimum atomic E-state index is -0.207. The van der Waals surface area contributed by atoms with Gasteiger partial charge in [-0.3, -0.25) is 0 Å². The average Bonchev–Trinajstić information content (AvgIpc) is 2.45. The third kappa shape index (κ3) is 3.48. The molecule has 1 N–H and O–H groups in total. The fraction of sp³-hybridized carbons (Fsp3) is 0.471. The lowest BCUT2D eigenvalue weighted by Gasteiger charge is -2.37. The maximum atomic E-state index is 12.1. The smallest absolute Gasteiger partial charge is 0.338 e. The quantitative estimate of drug-likeness (QED) is 0.669. The van der Waals surface area contributed by atoms with Crippen LogP contribution in [0, 0.1) is 5.92 Å². The fourth-order valence-corrected chi connectivity index (χ4v) is 2.91. The van der Waals surface area contributed by atoms with Crippen LogP contribution >= 0.6 is 0 Å². The van der Waals surface area contributed by atoms with Crippen LogP contribution in [0.4, 0.5) is 0 Å². The lowest BCUT2D eigenvalue weighted by molar-refractivity contribution is -0.927. The molecule has 2 rings (SSSR count). The number of carbonyl (C=O) groups is 1. The highest BCUT2D eigenvalue weighted by Gasteiger charge is 2.35. The lowest BCUT2D eigenvalue weighted by atomic mass is 9.91. The molecule has 0 aliphatic carbocycles. The van der Waals surface area contributed by atoms with E-state index in [4.69, 9.17) is 4.74 Å². The summed E-state index contributed by atoms with van der Waals surface area (Å²) in [5.74, 6) is 0.177. The van der Waals surface area contributed by atoms with Gasteiger partial charge in [-0.25, -0.2) is 4.79 Å². The van der Waals surface area contributed by atoms with Crippen molar-refractivity contribution in [2.45, 2.75) is 32.4 Å². The Morgan fingerprint density at radius 1 is 1.40 bits per heavy atom. The van der Waals surface area contributed by atoms with Crippen LogP contribution in [-0.4, -0.2) is 31.2 Å². The number of carbonyl (C=O) groups excluding carboxylic acids is 1. The molecule has 0 bridgehead atoms. The van der Waals surface area contributed by atoms with E-state index in [9.17, 15) is 4.79 Å². The monoisotopic (exact) mass is 274 g/mol. The Hall–Kier alpha value is -1.61. The number of piperidine rings is 1. The summed E-state index contributed by atoms with van der Waals surface area (Å²) in [7, 11) is 0. The number of esters is 1. The van der Waals surface area contributed by atoms with Crippen molar-refractivity contribution in [2.24, 2.45) is 5.92 Å². The van der Waals surface area contributed by atoms with Gasteiger partial charge >= 0.3 is 5.97 Å². The zero-order valence-electron chi connectivity index (χ0n) is 12.3. The number of rotatable bonds is 4. The first kappa shape index (κ1) is 14.8. The molecule has 4 atom stereocenters. The maximum absolute atomic E-state index is 12.1. The summed E-state index contributed by atoms with van der Waals surface area (Å²) in [6.07, 6.45) is 2.91. The van der Waals surface area contributed by atoms with Gasteiger partial charge in [-0.05, 0) is 25.1 Å².